The van der Waals surface area contributed by atoms with Crippen molar-refractivity contribution in [3.63, 3.8) is 0 Å². The van der Waals surface area contributed by atoms with Gasteiger partial charge in [-0.05, 0) is 54.3 Å². The van der Waals surface area contributed by atoms with E-state index in [9.17, 15) is 18.0 Å². The zero-order valence-corrected chi connectivity index (χ0v) is 20.1. The third-order valence-corrected chi connectivity index (χ3v) is 7.38. The number of rotatable bonds is 8. The van der Waals surface area contributed by atoms with Crippen molar-refractivity contribution in [2.75, 3.05) is 19.1 Å². The molecule has 0 fully saturated rings. The Labute approximate surface area is 197 Å². The van der Waals surface area contributed by atoms with Crippen LogP contribution in [0.5, 0.6) is 5.75 Å². The van der Waals surface area contributed by atoms with Gasteiger partial charge in [-0.15, -0.1) is 11.3 Å². The Hall–Kier alpha value is -3.37. The van der Waals surface area contributed by atoms with E-state index in [1.807, 2.05) is 22.2 Å². The Morgan fingerprint density at radius 1 is 1.06 bits per heavy atom. The number of nitrogens with one attached hydrogen (secondary N) is 2. The number of aryl methyl sites for hydroxylation is 1. The second-order valence-electron chi connectivity index (χ2n) is 7.28. The Balaban J connectivity index is 1.79. The number of anilines is 1. The molecule has 0 radical (unpaired) electrons. The number of hydrogen-bond acceptors (Lipinski definition) is 6. The number of nitrogens with zero attached hydrogens (tertiary/aromatic N) is 1. The fourth-order valence-electron chi connectivity index (χ4n) is 3.22. The van der Waals surface area contributed by atoms with Crippen molar-refractivity contribution in [3.8, 4) is 5.75 Å². The van der Waals surface area contributed by atoms with Crippen LogP contribution in [0.15, 0.2) is 70.9 Å². The second kappa shape index (κ2) is 10.5. The first-order valence-electron chi connectivity index (χ1n) is 10.0. The summed E-state index contributed by atoms with van der Waals surface area (Å²) < 4.78 is 32.5. The molecule has 174 valence electrons. The average Bonchev–Trinajstić information content (AvgIpc) is 3.30. The molecule has 3 aromatic rings. The van der Waals surface area contributed by atoms with Crippen molar-refractivity contribution in [2.45, 2.75) is 24.3 Å². The molecule has 0 aliphatic heterocycles. The molecule has 0 saturated heterocycles. The summed E-state index contributed by atoms with van der Waals surface area (Å²) in [5.74, 6) is 0.255. The summed E-state index contributed by atoms with van der Waals surface area (Å²) in [6.07, 6.45) is 0.217. The number of ether oxygens (including phenoxy) is 1. The highest BCUT2D eigenvalue weighted by Crippen LogP contribution is 2.20. The molecule has 2 aromatic carbocycles. The number of urea groups is 1. The van der Waals surface area contributed by atoms with Crippen LogP contribution in [0.1, 0.15) is 10.4 Å². The normalized spacial score (nSPS) is 12.0. The number of methoxy groups -OCH3 is 1. The lowest BCUT2D eigenvalue weighted by Crippen LogP contribution is -2.52. The van der Waals surface area contributed by atoms with Crippen LogP contribution >= 0.6 is 11.3 Å². The van der Waals surface area contributed by atoms with E-state index in [1.165, 1.54) is 22.3 Å². The molecule has 8 nitrogen and oxygen atoms in total. The van der Waals surface area contributed by atoms with E-state index in [0.29, 0.717) is 17.0 Å². The van der Waals surface area contributed by atoms with E-state index in [2.05, 4.69) is 5.32 Å². The number of likely N-dealkylation sites (N-methyl/N-ethyl adjacent to an activating group) is 1. The Kier molecular flexibility index (Phi) is 7.72. The second-order valence-corrected chi connectivity index (χ2v) is 9.96. The number of carbonyl (C=O) groups is 2. The SMILES string of the molecule is COc1ccc(N(C)C(=O)[C@H](Cc2cccs2)NC(=O)NS(=O)(=O)c2ccccc2C)cc1. The molecule has 0 saturated carbocycles. The van der Waals surface area contributed by atoms with Crippen LogP contribution in [-0.2, 0) is 21.2 Å². The van der Waals surface area contributed by atoms with Crippen LogP contribution in [0.25, 0.3) is 0 Å². The van der Waals surface area contributed by atoms with Crippen LogP contribution in [0.3, 0.4) is 0 Å². The van der Waals surface area contributed by atoms with Gasteiger partial charge in [0.05, 0.1) is 12.0 Å². The summed E-state index contributed by atoms with van der Waals surface area (Å²) in [5, 5.41) is 4.40. The summed E-state index contributed by atoms with van der Waals surface area (Å²) in [6.45, 7) is 1.64. The molecule has 0 aliphatic carbocycles. The predicted molar refractivity (Wildman–Crippen MR) is 128 cm³/mol. The van der Waals surface area contributed by atoms with Crippen LogP contribution in [0, 0.1) is 6.92 Å². The van der Waals surface area contributed by atoms with Gasteiger partial charge in [-0.2, -0.15) is 0 Å². The van der Waals surface area contributed by atoms with Gasteiger partial charge in [0, 0.05) is 24.0 Å². The standard InChI is InChI=1S/C23H25N3O5S2/c1-16-7-4-5-9-21(16)33(29,30)25-23(28)24-20(15-19-8-6-14-32-19)22(27)26(2)17-10-12-18(31-3)13-11-17/h4-14,20H,15H2,1-3H3,(H2,24,25,28)/t20-/m0/s1. The highest BCUT2D eigenvalue weighted by atomic mass is 32.2. The van der Waals surface area contributed by atoms with Gasteiger partial charge < -0.3 is 15.0 Å². The number of amides is 3. The van der Waals surface area contributed by atoms with Gasteiger partial charge in [0.25, 0.3) is 10.0 Å². The first-order valence-corrected chi connectivity index (χ1v) is 12.4. The topological polar surface area (TPSA) is 105 Å². The molecule has 2 N–H and O–H groups in total. The smallest absolute Gasteiger partial charge is 0.329 e. The van der Waals surface area contributed by atoms with Crippen LogP contribution in [0.2, 0.25) is 0 Å². The molecule has 1 aromatic heterocycles. The van der Waals surface area contributed by atoms with E-state index >= 15 is 0 Å². The van der Waals surface area contributed by atoms with Crippen molar-refractivity contribution in [3.05, 3.63) is 76.5 Å². The Bertz CT molecular complexity index is 1210. The molecule has 33 heavy (non-hydrogen) atoms. The largest absolute Gasteiger partial charge is 0.497 e. The van der Waals surface area contributed by atoms with Gasteiger partial charge in [-0.1, -0.05) is 24.3 Å². The summed E-state index contributed by atoms with van der Waals surface area (Å²) in [6, 6.07) is 15.0. The third-order valence-electron chi connectivity index (χ3n) is 4.99. The molecule has 0 aliphatic rings. The first-order chi connectivity index (χ1) is 15.7. The highest BCUT2D eigenvalue weighted by molar-refractivity contribution is 7.90. The van der Waals surface area contributed by atoms with E-state index in [0.717, 1.165) is 4.88 Å². The summed E-state index contributed by atoms with van der Waals surface area (Å²) >= 11 is 1.44. The van der Waals surface area contributed by atoms with Gasteiger partial charge >= 0.3 is 6.03 Å². The van der Waals surface area contributed by atoms with Crippen molar-refractivity contribution < 1.29 is 22.7 Å². The quantitative estimate of drug-likeness (QED) is 0.507. The van der Waals surface area contributed by atoms with E-state index in [4.69, 9.17) is 4.74 Å². The Morgan fingerprint density at radius 2 is 1.76 bits per heavy atom. The van der Waals surface area contributed by atoms with Gasteiger partial charge in [0.15, 0.2) is 0 Å². The molecule has 0 spiro atoms. The molecule has 0 unspecified atom stereocenters. The summed E-state index contributed by atoms with van der Waals surface area (Å²) in [5.41, 5.74) is 1.11. The van der Waals surface area contributed by atoms with E-state index < -0.39 is 28.0 Å². The lowest BCUT2D eigenvalue weighted by Gasteiger charge is -2.25. The number of thiophene rings is 1. The van der Waals surface area contributed by atoms with Crippen LogP contribution < -0.4 is 19.7 Å². The average molecular weight is 488 g/mol. The van der Waals surface area contributed by atoms with Crippen molar-refractivity contribution in [1.82, 2.24) is 10.0 Å². The molecule has 0 bridgehead atoms. The maximum absolute atomic E-state index is 13.3. The molecule has 1 atom stereocenters. The van der Waals surface area contributed by atoms with Crippen molar-refractivity contribution >= 4 is 39.0 Å². The maximum atomic E-state index is 13.3. The van der Waals surface area contributed by atoms with Crippen LogP contribution in [-0.4, -0.2) is 40.6 Å². The minimum absolute atomic E-state index is 0.00312. The molecular formula is C23H25N3O5S2. The molecule has 1 heterocycles. The van der Waals surface area contributed by atoms with Crippen molar-refractivity contribution in [1.29, 1.82) is 0 Å². The number of hydrogen-bond donors (Lipinski definition) is 2. The molecule has 3 amide bonds. The van der Waals surface area contributed by atoms with Crippen molar-refractivity contribution in [2.24, 2.45) is 0 Å². The minimum Gasteiger partial charge on any atom is -0.497 e. The summed E-state index contributed by atoms with van der Waals surface area (Å²) in [4.78, 5) is 28.2. The lowest BCUT2D eigenvalue weighted by molar-refractivity contribution is -0.120. The predicted octanol–water partition coefficient (Wildman–Crippen LogP) is 3.33. The zero-order valence-electron chi connectivity index (χ0n) is 18.4. The fourth-order valence-corrected chi connectivity index (χ4v) is 5.13. The van der Waals surface area contributed by atoms with E-state index in [-0.39, 0.29) is 11.3 Å². The Morgan fingerprint density at radius 3 is 2.36 bits per heavy atom. The highest BCUT2D eigenvalue weighted by Gasteiger charge is 2.28. The van der Waals surface area contributed by atoms with Crippen LogP contribution in [0.4, 0.5) is 10.5 Å². The monoisotopic (exact) mass is 487 g/mol. The molecular weight excluding hydrogens is 462 g/mol. The number of sulfonamides is 1. The number of benzene rings is 2. The third kappa shape index (κ3) is 6.11. The van der Waals surface area contributed by atoms with Gasteiger partial charge in [0.2, 0.25) is 5.91 Å². The zero-order chi connectivity index (χ0) is 24.0. The summed E-state index contributed by atoms with van der Waals surface area (Å²) in [7, 11) is -0.959. The first kappa shape index (κ1) is 24.3. The fraction of sp³-hybridized carbons (Fsp3) is 0.217. The number of carbonyl (C=O) groups excluding carboxylic acids is 2. The minimum atomic E-state index is -4.10. The lowest BCUT2D eigenvalue weighted by atomic mass is 10.1. The maximum Gasteiger partial charge on any atom is 0.329 e. The molecule has 10 heteroatoms. The van der Waals surface area contributed by atoms with Gasteiger partial charge in [-0.25, -0.2) is 17.9 Å². The van der Waals surface area contributed by atoms with Gasteiger partial charge in [-0.3, -0.25) is 4.79 Å². The van der Waals surface area contributed by atoms with Gasteiger partial charge in [0.1, 0.15) is 11.8 Å². The molecule has 3 rings (SSSR count). The van der Waals surface area contributed by atoms with E-state index in [1.54, 1.807) is 63.5 Å².